The number of carboxylic acid groups (broad SMARTS) is 1. The standard InChI is InChI=1S/C10H15NO4S/c1-6(16-7(2)12)9(13)11-5-3-4-8(11)10(14)15/h6,8H,3-5H2,1-2H3,(H,14,15)/t6-,8-/m0/s1. The van der Waals surface area contributed by atoms with Crippen LogP contribution in [0.3, 0.4) is 0 Å². The van der Waals surface area contributed by atoms with Gasteiger partial charge in [0.15, 0.2) is 5.12 Å². The molecule has 0 aromatic carbocycles. The van der Waals surface area contributed by atoms with E-state index in [0.29, 0.717) is 19.4 Å². The Kier molecular flexibility index (Phi) is 4.35. The molecule has 0 saturated carbocycles. The number of rotatable bonds is 3. The Morgan fingerprint density at radius 3 is 2.56 bits per heavy atom. The van der Waals surface area contributed by atoms with Crippen molar-refractivity contribution in [2.45, 2.75) is 38.0 Å². The predicted molar refractivity (Wildman–Crippen MR) is 60.1 cm³/mol. The van der Waals surface area contributed by atoms with E-state index in [2.05, 4.69) is 0 Å². The third-order valence-corrected chi connectivity index (χ3v) is 3.40. The summed E-state index contributed by atoms with van der Waals surface area (Å²) in [6.07, 6.45) is 1.21. The molecule has 1 fully saturated rings. The second-order valence-corrected chi connectivity index (χ2v) is 5.30. The van der Waals surface area contributed by atoms with Gasteiger partial charge in [0.05, 0.1) is 5.25 Å². The summed E-state index contributed by atoms with van der Waals surface area (Å²) in [5, 5.41) is 8.29. The molecule has 1 saturated heterocycles. The van der Waals surface area contributed by atoms with Gasteiger partial charge in [-0.25, -0.2) is 4.79 Å². The molecule has 0 aliphatic carbocycles. The van der Waals surface area contributed by atoms with Crippen LogP contribution in [0.5, 0.6) is 0 Å². The molecule has 5 nitrogen and oxygen atoms in total. The maximum atomic E-state index is 11.9. The van der Waals surface area contributed by atoms with E-state index in [1.165, 1.54) is 11.8 Å². The van der Waals surface area contributed by atoms with Gasteiger partial charge in [0, 0.05) is 13.5 Å². The summed E-state index contributed by atoms with van der Waals surface area (Å²) in [4.78, 5) is 35.0. The lowest BCUT2D eigenvalue weighted by Crippen LogP contribution is -2.44. The molecule has 0 unspecified atom stereocenters. The normalized spacial score (nSPS) is 21.9. The van der Waals surface area contributed by atoms with Crippen LogP contribution in [0, 0.1) is 0 Å². The first kappa shape index (κ1) is 13.0. The van der Waals surface area contributed by atoms with Crippen molar-refractivity contribution in [3.05, 3.63) is 0 Å². The first-order valence-electron chi connectivity index (χ1n) is 5.14. The molecule has 6 heteroatoms. The van der Waals surface area contributed by atoms with Crippen molar-refractivity contribution in [1.29, 1.82) is 0 Å². The van der Waals surface area contributed by atoms with Crippen molar-refractivity contribution in [3.63, 3.8) is 0 Å². The number of likely N-dealkylation sites (tertiary alicyclic amines) is 1. The van der Waals surface area contributed by atoms with E-state index in [0.717, 1.165) is 11.8 Å². The first-order valence-corrected chi connectivity index (χ1v) is 6.02. The van der Waals surface area contributed by atoms with Crippen LogP contribution >= 0.6 is 11.8 Å². The number of thioether (sulfide) groups is 1. The van der Waals surface area contributed by atoms with Crippen LogP contribution < -0.4 is 0 Å². The third-order valence-electron chi connectivity index (χ3n) is 2.51. The smallest absolute Gasteiger partial charge is 0.326 e. The lowest BCUT2D eigenvalue weighted by atomic mass is 10.2. The summed E-state index contributed by atoms with van der Waals surface area (Å²) in [5.74, 6) is -1.23. The molecular formula is C10H15NO4S. The van der Waals surface area contributed by atoms with Gasteiger partial charge < -0.3 is 10.0 Å². The Labute approximate surface area is 98.2 Å². The van der Waals surface area contributed by atoms with Crippen molar-refractivity contribution in [2.75, 3.05) is 6.54 Å². The number of hydrogen-bond donors (Lipinski definition) is 1. The summed E-state index contributed by atoms with van der Waals surface area (Å²) < 4.78 is 0. The number of amides is 1. The Morgan fingerprint density at radius 1 is 1.44 bits per heavy atom. The first-order chi connectivity index (χ1) is 7.43. The maximum Gasteiger partial charge on any atom is 0.326 e. The van der Waals surface area contributed by atoms with Gasteiger partial charge in [-0.3, -0.25) is 9.59 Å². The molecule has 0 radical (unpaired) electrons. The SMILES string of the molecule is CC(=O)S[C@@H](C)C(=O)N1CCC[C@H]1C(=O)O. The Balaban J connectivity index is 2.65. The van der Waals surface area contributed by atoms with Gasteiger partial charge in [0.1, 0.15) is 6.04 Å². The zero-order chi connectivity index (χ0) is 12.3. The van der Waals surface area contributed by atoms with Crippen molar-refractivity contribution in [2.24, 2.45) is 0 Å². The van der Waals surface area contributed by atoms with Gasteiger partial charge >= 0.3 is 5.97 Å². The highest BCUT2D eigenvalue weighted by Crippen LogP contribution is 2.22. The van der Waals surface area contributed by atoms with Crippen LogP contribution in [0.15, 0.2) is 0 Å². The van der Waals surface area contributed by atoms with Crippen molar-refractivity contribution >= 4 is 28.8 Å². The average Bonchev–Trinajstić information content (AvgIpc) is 2.63. The summed E-state index contributed by atoms with van der Waals surface area (Å²) in [6.45, 7) is 3.50. The fourth-order valence-corrected chi connectivity index (χ4v) is 2.55. The van der Waals surface area contributed by atoms with Crippen molar-refractivity contribution in [1.82, 2.24) is 4.90 Å². The fourth-order valence-electron chi connectivity index (χ4n) is 1.82. The zero-order valence-corrected chi connectivity index (χ0v) is 10.1. The Hall–Kier alpha value is -1.04. The highest BCUT2D eigenvalue weighted by Gasteiger charge is 2.36. The summed E-state index contributed by atoms with van der Waals surface area (Å²) >= 11 is 0.940. The number of carbonyl (C=O) groups is 3. The second-order valence-electron chi connectivity index (χ2n) is 3.78. The fraction of sp³-hybridized carbons (Fsp3) is 0.700. The van der Waals surface area contributed by atoms with E-state index < -0.39 is 17.3 Å². The van der Waals surface area contributed by atoms with Crippen molar-refractivity contribution < 1.29 is 19.5 Å². The largest absolute Gasteiger partial charge is 0.480 e. The molecule has 1 heterocycles. The topological polar surface area (TPSA) is 74.7 Å². The predicted octanol–water partition coefficient (Wildman–Crippen LogP) is 0.730. The van der Waals surface area contributed by atoms with Gasteiger partial charge in [-0.2, -0.15) is 0 Å². The van der Waals surface area contributed by atoms with Crippen LogP contribution in [0.25, 0.3) is 0 Å². The van der Waals surface area contributed by atoms with Gasteiger partial charge in [-0.15, -0.1) is 0 Å². The quantitative estimate of drug-likeness (QED) is 0.793. The highest BCUT2D eigenvalue weighted by molar-refractivity contribution is 8.14. The molecule has 1 amide bonds. The summed E-state index contributed by atoms with van der Waals surface area (Å²) in [5.41, 5.74) is 0. The number of carboxylic acids is 1. The molecule has 0 aromatic heterocycles. The molecule has 0 spiro atoms. The minimum atomic E-state index is -0.967. The van der Waals surface area contributed by atoms with E-state index in [1.54, 1.807) is 6.92 Å². The number of nitrogens with zero attached hydrogens (tertiary/aromatic N) is 1. The van der Waals surface area contributed by atoms with Gasteiger partial charge in [-0.1, -0.05) is 11.8 Å². The number of hydrogen-bond acceptors (Lipinski definition) is 4. The maximum absolute atomic E-state index is 11.9. The highest BCUT2D eigenvalue weighted by atomic mass is 32.2. The molecule has 2 atom stereocenters. The molecule has 1 rings (SSSR count). The van der Waals surface area contributed by atoms with Gasteiger partial charge in [-0.05, 0) is 19.8 Å². The van der Waals surface area contributed by atoms with Crippen LogP contribution in [0.1, 0.15) is 26.7 Å². The van der Waals surface area contributed by atoms with Crippen LogP contribution in [0.2, 0.25) is 0 Å². The minimum Gasteiger partial charge on any atom is -0.480 e. The monoisotopic (exact) mass is 245 g/mol. The van der Waals surface area contributed by atoms with Crippen LogP contribution in [-0.2, 0) is 14.4 Å². The molecular weight excluding hydrogens is 230 g/mol. The summed E-state index contributed by atoms with van der Waals surface area (Å²) in [6, 6.07) is -0.720. The number of carbonyl (C=O) groups excluding carboxylic acids is 2. The lowest BCUT2D eigenvalue weighted by Gasteiger charge is -2.24. The molecule has 1 N–H and O–H groups in total. The summed E-state index contributed by atoms with van der Waals surface area (Å²) in [7, 11) is 0. The minimum absolute atomic E-state index is 0.132. The number of aliphatic carboxylic acids is 1. The molecule has 1 aliphatic rings. The molecule has 0 bridgehead atoms. The molecule has 90 valence electrons. The Bertz CT molecular complexity index is 318. The van der Waals surface area contributed by atoms with Crippen molar-refractivity contribution in [3.8, 4) is 0 Å². The average molecular weight is 245 g/mol. The Morgan fingerprint density at radius 2 is 2.06 bits per heavy atom. The second kappa shape index (κ2) is 5.34. The van der Waals surface area contributed by atoms with E-state index in [-0.39, 0.29) is 11.0 Å². The molecule has 0 aromatic rings. The third kappa shape index (κ3) is 2.98. The van der Waals surface area contributed by atoms with Gasteiger partial charge in [0.2, 0.25) is 5.91 Å². The van der Waals surface area contributed by atoms with Gasteiger partial charge in [0.25, 0.3) is 0 Å². The van der Waals surface area contributed by atoms with Crippen LogP contribution in [0.4, 0.5) is 0 Å². The molecule has 16 heavy (non-hydrogen) atoms. The van der Waals surface area contributed by atoms with E-state index >= 15 is 0 Å². The lowest BCUT2D eigenvalue weighted by molar-refractivity contribution is -0.147. The van der Waals surface area contributed by atoms with Crippen LogP contribution in [-0.4, -0.2) is 44.8 Å². The molecule has 1 aliphatic heterocycles. The van der Waals surface area contributed by atoms with E-state index in [9.17, 15) is 14.4 Å². The van der Waals surface area contributed by atoms with E-state index in [4.69, 9.17) is 5.11 Å². The van der Waals surface area contributed by atoms with E-state index in [1.807, 2.05) is 0 Å². The zero-order valence-electron chi connectivity index (χ0n) is 9.30.